The number of nitrogens with one attached hydrogen (secondary N) is 1. The molecule has 0 fully saturated rings. The van der Waals surface area contributed by atoms with Crippen molar-refractivity contribution in [3.8, 4) is 11.8 Å². The number of carbonyl (C=O) groups is 2. The highest BCUT2D eigenvalue weighted by atomic mass is 16.5. The largest absolute Gasteiger partial charge is 0.484 e. The summed E-state index contributed by atoms with van der Waals surface area (Å²) in [6, 6.07) is 15.8. The molecule has 0 aliphatic rings. The zero-order chi connectivity index (χ0) is 18.2. The number of benzene rings is 2. The van der Waals surface area contributed by atoms with Crippen LogP contribution in [0.4, 0.5) is 5.69 Å². The zero-order valence-electron chi connectivity index (χ0n) is 13.7. The van der Waals surface area contributed by atoms with Crippen molar-refractivity contribution in [2.45, 2.75) is 6.92 Å². The molecule has 0 saturated carbocycles. The summed E-state index contributed by atoms with van der Waals surface area (Å²) in [5.41, 5.74) is 7.29. The van der Waals surface area contributed by atoms with E-state index in [9.17, 15) is 9.59 Å². The molecule has 0 aromatic heterocycles. The second kappa shape index (κ2) is 8.31. The molecular weight excluding hydrogens is 318 g/mol. The lowest BCUT2D eigenvalue weighted by Crippen LogP contribution is -2.20. The molecule has 25 heavy (non-hydrogen) atoms. The van der Waals surface area contributed by atoms with E-state index >= 15 is 0 Å². The van der Waals surface area contributed by atoms with Crippen LogP contribution < -0.4 is 15.8 Å². The Morgan fingerprint density at radius 2 is 1.88 bits per heavy atom. The molecule has 0 aliphatic heterocycles. The Labute approximate surface area is 145 Å². The van der Waals surface area contributed by atoms with E-state index in [0.717, 1.165) is 11.3 Å². The van der Waals surface area contributed by atoms with Crippen LogP contribution in [0.25, 0.3) is 6.08 Å². The van der Waals surface area contributed by atoms with Gasteiger partial charge in [0.2, 0.25) is 0 Å². The van der Waals surface area contributed by atoms with Crippen LogP contribution in [-0.4, -0.2) is 18.4 Å². The van der Waals surface area contributed by atoms with Crippen LogP contribution >= 0.6 is 0 Å². The van der Waals surface area contributed by atoms with Gasteiger partial charge < -0.3 is 15.8 Å². The van der Waals surface area contributed by atoms with Gasteiger partial charge in [-0.15, -0.1) is 0 Å². The Kier molecular flexibility index (Phi) is 5.91. The number of aryl methyl sites for hydroxylation is 1. The normalized spacial score (nSPS) is 10.6. The minimum Gasteiger partial charge on any atom is -0.484 e. The molecule has 2 aromatic rings. The molecule has 0 aliphatic carbocycles. The van der Waals surface area contributed by atoms with Gasteiger partial charge in [-0.3, -0.25) is 9.59 Å². The fourth-order valence-electron chi connectivity index (χ4n) is 2.03. The number of anilines is 1. The zero-order valence-corrected chi connectivity index (χ0v) is 13.7. The topological polar surface area (TPSA) is 105 Å². The van der Waals surface area contributed by atoms with E-state index in [2.05, 4.69) is 5.32 Å². The Hall–Kier alpha value is -3.59. The van der Waals surface area contributed by atoms with Gasteiger partial charge in [0, 0.05) is 5.69 Å². The Morgan fingerprint density at radius 3 is 2.48 bits per heavy atom. The van der Waals surface area contributed by atoms with Crippen molar-refractivity contribution >= 4 is 23.6 Å². The van der Waals surface area contributed by atoms with E-state index in [1.54, 1.807) is 30.3 Å². The maximum absolute atomic E-state index is 11.9. The van der Waals surface area contributed by atoms with E-state index in [-0.39, 0.29) is 18.1 Å². The minimum atomic E-state index is -0.782. The molecule has 6 nitrogen and oxygen atoms in total. The highest BCUT2D eigenvalue weighted by Crippen LogP contribution is 2.16. The first kappa shape index (κ1) is 17.8. The summed E-state index contributed by atoms with van der Waals surface area (Å²) in [5.74, 6) is -0.552. The maximum atomic E-state index is 11.9. The number of rotatable bonds is 6. The Bertz CT molecular complexity index is 849. The summed E-state index contributed by atoms with van der Waals surface area (Å²) in [5, 5.41) is 11.6. The number of para-hydroxylation sites is 1. The van der Waals surface area contributed by atoms with Gasteiger partial charge in [-0.2, -0.15) is 5.26 Å². The van der Waals surface area contributed by atoms with Crippen LogP contribution in [0.2, 0.25) is 0 Å². The lowest BCUT2D eigenvalue weighted by molar-refractivity contribution is -0.118. The maximum Gasteiger partial charge on any atom is 0.262 e. The number of hydrogen-bond acceptors (Lipinski definition) is 4. The lowest BCUT2D eigenvalue weighted by Gasteiger charge is -2.09. The van der Waals surface area contributed by atoms with Gasteiger partial charge in [0.1, 0.15) is 17.4 Å². The fraction of sp³-hybridized carbons (Fsp3) is 0.105. The number of hydrogen-bond donors (Lipinski definition) is 2. The first-order valence-electron chi connectivity index (χ1n) is 7.49. The van der Waals surface area contributed by atoms with E-state index in [1.165, 1.54) is 6.08 Å². The summed E-state index contributed by atoms with van der Waals surface area (Å²) in [6.07, 6.45) is 1.39. The first-order chi connectivity index (χ1) is 12.0. The van der Waals surface area contributed by atoms with Crippen LogP contribution in [0.5, 0.6) is 5.75 Å². The highest BCUT2D eigenvalue weighted by molar-refractivity contribution is 6.00. The molecule has 0 radical (unpaired) electrons. The number of primary amides is 1. The third-order valence-electron chi connectivity index (χ3n) is 3.37. The van der Waals surface area contributed by atoms with Crippen LogP contribution in [0.1, 0.15) is 11.1 Å². The summed E-state index contributed by atoms with van der Waals surface area (Å²) < 4.78 is 5.42. The standard InChI is InChI=1S/C19H17N3O3/c1-13-4-2-3-5-17(13)22-18(23)12-25-16-8-6-14(7-9-16)10-15(11-20)19(21)24/h2-10H,12H2,1H3,(H2,21,24)(H,22,23)/b15-10-. The molecule has 2 aromatic carbocycles. The van der Waals surface area contributed by atoms with Crippen molar-refractivity contribution in [2.75, 3.05) is 11.9 Å². The third-order valence-corrected chi connectivity index (χ3v) is 3.37. The minimum absolute atomic E-state index is 0.131. The molecule has 0 atom stereocenters. The summed E-state index contributed by atoms with van der Waals surface area (Å²) in [6.45, 7) is 1.78. The summed E-state index contributed by atoms with van der Waals surface area (Å²) in [7, 11) is 0. The van der Waals surface area contributed by atoms with Crippen LogP contribution in [0.15, 0.2) is 54.1 Å². The molecule has 3 N–H and O–H groups in total. The average molecular weight is 335 g/mol. The van der Waals surface area contributed by atoms with Gasteiger partial charge in [-0.05, 0) is 42.3 Å². The van der Waals surface area contributed by atoms with Crippen molar-refractivity contribution < 1.29 is 14.3 Å². The molecule has 0 bridgehead atoms. The van der Waals surface area contributed by atoms with Gasteiger partial charge in [0.25, 0.3) is 11.8 Å². The average Bonchev–Trinajstić information content (AvgIpc) is 2.60. The number of nitriles is 1. The van der Waals surface area contributed by atoms with Gasteiger partial charge in [0.05, 0.1) is 0 Å². The quantitative estimate of drug-likeness (QED) is 0.624. The molecule has 0 heterocycles. The van der Waals surface area contributed by atoms with Crippen LogP contribution in [-0.2, 0) is 9.59 Å². The van der Waals surface area contributed by atoms with E-state index in [0.29, 0.717) is 11.3 Å². The van der Waals surface area contributed by atoms with Crippen molar-refractivity contribution in [2.24, 2.45) is 5.73 Å². The van der Waals surface area contributed by atoms with Gasteiger partial charge in [-0.25, -0.2) is 0 Å². The molecule has 6 heteroatoms. The van der Waals surface area contributed by atoms with Crippen molar-refractivity contribution in [3.63, 3.8) is 0 Å². The monoisotopic (exact) mass is 335 g/mol. The van der Waals surface area contributed by atoms with Gasteiger partial charge in [0.15, 0.2) is 6.61 Å². The highest BCUT2D eigenvalue weighted by Gasteiger charge is 2.06. The molecule has 0 saturated heterocycles. The summed E-state index contributed by atoms with van der Waals surface area (Å²) >= 11 is 0. The first-order valence-corrected chi connectivity index (χ1v) is 7.49. The number of ether oxygens (including phenoxy) is 1. The van der Waals surface area contributed by atoms with Crippen LogP contribution in [0.3, 0.4) is 0 Å². The van der Waals surface area contributed by atoms with E-state index in [4.69, 9.17) is 15.7 Å². The Balaban J connectivity index is 1.94. The molecule has 2 amide bonds. The number of amides is 2. The molecule has 0 spiro atoms. The van der Waals surface area contributed by atoms with Crippen LogP contribution in [0, 0.1) is 18.3 Å². The SMILES string of the molecule is Cc1ccccc1NC(=O)COc1ccc(/C=C(/C#N)C(N)=O)cc1. The summed E-state index contributed by atoms with van der Waals surface area (Å²) in [4.78, 5) is 22.9. The van der Waals surface area contributed by atoms with Crippen molar-refractivity contribution in [3.05, 3.63) is 65.2 Å². The smallest absolute Gasteiger partial charge is 0.262 e. The number of nitrogens with zero attached hydrogens (tertiary/aromatic N) is 1. The lowest BCUT2D eigenvalue weighted by atomic mass is 10.1. The molecular formula is C19H17N3O3. The predicted octanol–water partition coefficient (Wildman–Crippen LogP) is 2.40. The van der Waals surface area contributed by atoms with Crippen molar-refractivity contribution in [1.82, 2.24) is 0 Å². The fourth-order valence-corrected chi connectivity index (χ4v) is 2.03. The van der Waals surface area contributed by atoms with Gasteiger partial charge in [-0.1, -0.05) is 30.3 Å². The second-order valence-electron chi connectivity index (χ2n) is 5.25. The number of carbonyl (C=O) groups excluding carboxylic acids is 2. The predicted molar refractivity (Wildman–Crippen MR) is 94.5 cm³/mol. The van der Waals surface area contributed by atoms with Crippen molar-refractivity contribution in [1.29, 1.82) is 5.26 Å². The van der Waals surface area contributed by atoms with E-state index in [1.807, 2.05) is 31.2 Å². The van der Waals surface area contributed by atoms with Gasteiger partial charge >= 0.3 is 0 Å². The number of nitrogens with two attached hydrogens (primary N) is 1. The molecule has 2 rings (SSSR count). The Morgan fingerprint density at radius 1 is 1.20 bits per heavy atom. The third kappa shape index (κ3) is 5.22. The molecule has 0 unspecified atom stereocenters. The molecule has 126 valence electrons. The van der Waals surface area contributed by atoms with E-state index < -0.39 is 5.91 Å². The second-order valence-corrected chi connectivity index (χ2v) is 5.25.